The largest absolute Gasteiger partial charge is 0.342 e. The molecule has 3 aliphatic rings. The van der Waals surface area contributed by atoms with E-state index >= 15 is 0 Å². The number of hydrogen-bond donors (Lipinski definition) is 0. The first kappa shape index (κ1) is 18.9. The van der Waals surface area contributed by atoms with E-state index < -0.39 is 0 Å². The molecule has 4 rings (SSSR count). The van der Waals surface area contributed by atoms with Crippen molar-refractivity contribution in [1.29, 1.82) is 0 Å². The molecule has 3 saturated heterocycles. The molecule has 1 atom stereocenters. The number of carbonyl (C=O) groups excluding carboxylic acids is 1. The fraction of sp³-hybridized carbons (Fsp3) is 0.682. The summed E-state index contributed by atoms with van der Waals surface area (Å²) in [6.45, 7) is 6.72. The molecule has 1 amide bonds. The summed E-state index contributed by atoms with van der Waals surface area (Å²) >= 11 is 0. The second-order valence-electron chi connectivity index (χ2n) is 8.47. The van der Waals surface area contributed by atoms with E-state index in [0.717, 1.165) is 70.5 Å². The molecular formula is C22H32FN3O. The highest BCUT2D eigenvalue weighted by atomic mass is 19.1. The van der Waals surface area contributed by atoms with E-state index in [0.29, 0.717) is 18.5 Å². The van der Waals surface area contributed by atoms with E-state index in [9.17, 15) is 9.18 Å². The van der Waals surface area contributed by atoms with E-state index in [2.05, 4.69) is 14.7 Å². The van der Waals surface area contributed by atoms with Crippen LogP contribution in [0.5, 0.6) is 0 Å². The molecule has 4 nitrogen and oxygen atoms in total. The lowest BCUT2D eigenvalue weighted by atomic mass is 9.93. The molecule has 3 heterocycles. The number of halogens is 1. The van der Waals surface area contributed by atoms with Gasteiger partial charge in [0.05, 0.1) is 5.92 Å². The average molecular weight is 374 g/mol. The number of carbonyl (C=O) groups is 1. The highest BCUT2D eigenvalue weighted by molar-refractivity contribution is 5.79. The molecule has 3 fully saturated rings. The van der Waals surface area contributed by atoms with E-state index in [-0.39, 0.29) is 11.7 Å². The van der Waals surface area contributed by atoms with Crippen molar-refractivity contribution >= 4 is 5.91 Å². The molecule has 1 aromatic carbocycles. The van der Waals surface area contributed by atoms with Crippen LogP contribution in [-0.2, 0) is 11.3 Å². The zero-order valence-corrected chi connectivity index (χ0v) is 16.3. The molecule has 148 valence electrons. The highest BCUT2D eigenvalue weighted by Crippen LogP contribution is 2.26. The van der Waals surface area contributed by atoms with Crippen LogP contribution in [0.25, 0.3) is 0 Å². The van der Waals surface area contributed by atoms with Gasteiger partial charge in [-0.05, 0) is 64.2 Å². The number of amides is 1. The van der Waals surface area contributed by atoms with Crippen LogP contribution in [-0.4, -0.2) is 65.9 Å². The third kappa shape index (κ3) is 4.52. The maximum absolute atomic E-state index is 13.9. The average Bonchev–Trinajstić information content (AvgIpc) is 3.25. The van der Waals surface area contributed by atoms with Crippen molar-refractivity contribution in [2.24, 2.45) is 5.92 Å². The molecule has 1 aromatic rings. The Balaban J connectivity index is 1.27. The van der Waals surface area contributed by atoms with Crippen molar-refractivity contribution in [2.75, 3.05) is 39.3 Å². The predicted octanol–water partition coefficient (Wildman–Crippen LogP) is 3.12. The van der Waals surface area contributed by atoms with Gasteiger partial charge in [-0.1, -0.05) is 18.2 Å². The standard InChI is InChI=1S/C22H32FN3O/c23-21-8-2-1-6-18(21)16-24-14-9-20(10-15-24)26-13-5-7-19(17-26)22(27)25-11-3-4-12-25/h1-2,6,8,19-20H,3-5,7,9-17H2/t19-/m0/s1. The zero-order valence-electron chi connectivity index (χ0n) is 16.3. The van der Waals surface area contributed by atoms with Crippen LogP contribution >= 0.6 is 0 Å². The lowest BCUT2D eigenvalue weighted by Gasteiger charge is -2.42. The third-order valence-electron chi connectivity index (χ3n) is 6.65. The van der Waals surface area contributed by atoms with Crippen LogP contribution < -0.4 is 0 Å². The number of nitrogens with zero attached hydrogens (tertiary/aromatic N) is 3. The van der Waals surface area contributed by atoms with Crippen LogP contribution in [0, 0.1) is 11.7 Å². The fourth-order valence-electron chi connectivity index (χ4n) is 5.05. The van der Waals surface area contributed by atoms with Gasteiger partial charge in [0.15, 0.2) is 0 Å². The second-order valence-corrected chi connectivity index (χ2v) is 8.47. The SMILES string of the molecule is O=C([C@H]1CCCN(C2CCN(Cc3ccccc3F)CC2)C1)N1CCCC1. The molecular weight excluding hydrogens is 341 g/mol. The maximum atomic E-state index is 13.9. The minimum atomic E-state index is -0.0982. The Morgan fingerprint density at radius 3 is 2.44 bits per heavy atom. The Labute approximate surface area is 162 Å². The molecule has 5 heteroatoms. The summed E-state index contributed by atoms with van der Waals surface area (Å²) in [5.74, 6) is 0.501. The monoisotopic (exact) mass is 373 g/mol. The number of likely N-dealkylation sites (tertiary alicyclic amines) is 3. The van der Waals surface area contributed by atoms with Gasteiger partial charge in [0.1, 0.15) is 5.82 Å². The van der Waals surface area contributed by atoms with Gasteiger partial charge in [0.2, 0.25) is 5.91 Å². The molecule has 27 heavy (non-hydrogen) atoms. The van der Waals surface area contributed by atoms with E-state index in [1.54, 1.807) is 12.1 Å². The minimum absolute atomic E-state index is 0.0982. The van der Waals surface area contributed by atoms with Crippen LogP contribution in [0.2, 0.25) is 0 Å². The summed E-state index contributed by atoms with van der Waals surface area (Å²) in [4.78, 5) is 19.8. The maximum Gasteiger partial charge on any atom is 0.226 e. The van der Waals surface area contributed by atoms with Crippen molar-refractivity contribution < 1.29 is 9.18 Å². The topological polar surface area (TPSA) is 26.8 Å². The summed E-state index contributed by atoms with van der Waals surface area (Å²) in [5.41, 5.74) is 0.796. The van der Waals surface area contributed by atoms with Crippen molar-refractivity contribution in [1.82, 2.24) is 14.7 Å². The third-order valence-corrected chi connectivity index (χ3v) is 6.65. The zero-order chi connectivity index (χ0) is 18.6. The van der Waals surface area contributed by atoms with Crippen LogP contribution in [0.15, 0.2) is 24.3 Å². The Kier molecular flexibility index (Phi) is 6.08. The Hall–Kier alpha value is -1.46. The fourth-order valence-corrected chi connectivity index (χ4v) is 5.05. The van der Waals surface area contributed by atoms with E-state index in [4.69, 9.17) is 0 Å². The lowest BCUT2D eigenvalue weighted by molar-refractivity contribution is -0.136. The molecule has 3 aliphatic heterocycles. The lowest BCUT2D eigenvalue weighted by Crippen LogP contribution is -2.51. The molecule has 0 spiro atoms. The number of hydrogen-bond acceptors (Lipinski definition) is 3. The van der Waals surface area contributed by atoms with E-state index in [1.807, 2.05) is 12.1 Å². The molecule has 0 radical (unpaired) electrons. The van der Waals surface area contributed by atoms with Gasteiger partial charge in [0.25, 0.3) is 0 Å². The highest BCUT2D eigenvalue weighted by Gasteiger charge is 2.34. The summed E-state index contributed by atoms with van der Waals surface area (Å²) in [7, 11) is 0. The molecule has 0 aromatic heterocycles. The number of rotatable bonds is 4. The molecule has 0 saturated carbocycles. The van der Waals surface area contributed by atoms with E-state index in [1.165, 1.54) is 12.8 Å². The van der Waals surface area contributed by atoms with Gasteiger partial charge in [-0.25, -0.2) is 4.39 Å². The molecule has 0 aliphatic carbocycles. The van der Waals surface area contributed by atoms with Crippen LogP contribution in [0.3, 0.4) is 0 Å². The Morgan fingerprint density at radius 1 is 0.963 bits per heavy atom. The normalized spacial score (nSPS) is 25.8. The number of piperidine rings is 2. The summed E-state index contributed by atoms with van der Waals surface area (Å²) in [6.07, 6.45) is 6.78. The molecule has 0 bridgehead atoms. The Morgan fingerprint density at radius 2 is 1.70 bits per heavy atom. The van der Waals surface area contributed by atoms with Crippen molar-refractivity contribution in [2.45, 2.75) is 51.1 Å². The minimum Gasteiger partial charge on any atom is -0.342 e. The first-order valence-electron chi connectivity index (χ1n) is 10.7. The van der Waals surface area contributed by atoms with Gasteiger partial charge in [0, 0.05) is 37.8 Å². The predicted molar refractivity (Wildman–Crippen MR) is 105 cm³/mol. The number of benzene rings is 1. The van der Waals surface area contributed by atoms with Crippen molar-refractivity contribution in [3.05, 3.63) is 35.6 Å². The van der Waals surface area contributed by atoms with Crippen LogP contribution in [0.1, 0.15) is 44.1 Å². The molecule has 0 N–H and O–H groups in total. The smallest absolute Gasteiger partial charge is 0.226 e. The quantitative estimate of drug-likeness (QED) is 0.811. The second kappa shape index (κ2) is 8.70. The summed E-state index contributed by atoms with van der Waals surface area (Å²) in [6, 6.07) is 7.68. The molecule has 0 unspecified atom stereocenters. The van der Waals surface area contributed by atoms with Crippen molar-refractivity contribution in [3.8, 4) is 0 Å². The van der Waals surface area contributed by atoms with Gasteiger partial charge in [-0.2, -0.15) is 0 Å². The summed E-state index contributed by atoms with van der Waals surface area (Å²) < 4.78 is 13.9. The van der Waals surface area contributed by atoms with Gasteiger partial charge < -0.3 is 4.90 Å². The first-order valence-corrected chi connectivity index (χ1v) is 10.7. The van der Waals surface area contributed by atoms with Gasteiger partial charge >= 0.3 is 0 Å². The Bertz CT molecular complexity index is 638. The first-order chi connectivity index (χ1) is 13.2. The van der Waals surface area contributed by atoms with Crippen molar-refractivity contribution in [3.63, 3.8) is 0 Å². The van der Waals surface area contributed by atoms with Crippen LogP contribution in [0.4, 0.5) is 4.39 Å². The summed E-state index contributed by atoms with van der Waals surface area (Å²) in [5, 5.41) is 0. The van der Waals surface area contributed by atoms with Gasteiger partial charge in [-0.3, -0.25) is 14.6 Å². The van der Waals surface area contributed by atoms with Gasteiger partial charge in [-0.15, -0.1) is 0 Å².